The van der Waals surface area contributed by atoms with Crippen LogP contribution in [0.15, 0.2) is 4.52 Å². The number of rotatable bonds is 5. The number of aromatic nitrogens is 2. The van der Waals surface area contributed by atoms with Gasteiger partial charge in [0, 0.05) is 19.5 Å². The van der Waals surface area contributed by atoms with E-state index in [-0.39, 0.29) is 0 Å². The van der Waals surface area contributed by atoms with Crippen LogP contribution in [0.5, 0.6) is 0 Å². The average Bonchev–Trinajstić information content (AvgIpc) is 2.79. The van der Waals surface area contributed by atoms with Gasteiger partial charge in [-0.25, -0.2) is 0 Å². The maximum atomic E-state index is 5.24. The van der Waals surface area contributed by atoms with Gasteiger partial charge in [-0.15, -0.1) is 0 Å². The lowest BCUT2D eigenvalue weighted by Crippen LogP contribution is -2.39. The van der Waals surface area contributed by atoms with Crippen molar-refractivity contribution < 1.29 is 4.52 Å². The largest absolute Gasteiger partial charge is 0.338 e. The third-order valence-electron chi connectivity index (χ3n) is 3.22. The summed E-state index contributed by atoms with van der Waals surface area (Å²) >= 11 is 0. The first kappa shape index (κ1) is 12.4. The van der Waals surface area contributed by atoms with Crippen molar-refractivity contribution in [3.8, 4) is 0 Å². The normalized spacial score (nSPS) is 20.8. The fourth-order valence-corrected chi connectivity index (χ4v) is 2.39. The SMILES string of the molecule is CCCc1nc(N2CCC[C@@H](CNC)C2)no1. The first-order valence-electron chi connectivity index (χ1n) is 6.55. The van der Waals surface area contributed by atoms with Crippen LogP contribution in [-0.4, -0.2) is 36.8 Å². The molecule has 1 aliphatic rings. The fourth-order valence-electron chi connectivity index (χ4n) is 2.39. The summed E-state index contributed by atoms with van der Waals surface area (Å²) in [6, 6.07) is 0. The number of anilines is 1. The Morgan fingerprint density at radius 3 is 3.18 bits per heavy atom. The van der Waals surface area contributed by atoms with Gasteiger partial charge in [0.1, 0.15) is 0 Å². The molecule has 0 amide bonds. The van der Waals surface area contributed by atoms with Crippen molar-refractivity contribution in [1.29, 1.82) is 0 Å². The maximum absolute atomic E-state index is 5.24. The molecule has 1 fully saturated rings. The molecule has 1 aromatic heterocycles. The summed E-state index contributed by atoms with van der Waals surface area (Å²) in [5.74, 6) is 2.23. The Hall–Kier alpha value is -1.10. The van der Waals surface area contributed by atoms with Crippen LogP contribution in [0.3, 0.4) is 0 Å². The van der Waals surface area contributed by atoms with E-state index in [1.807, 2.05) is 7.05 Å². The summed E-state index contributed by atoms with van der Waals surface area (Å²) in [7, 11) is 2.01. The summed E-state index contributed by atoms with van der Waals surface area (Å²) in [4.78, 5) is 6.69. The smallest absolute Gasteiger partial charge is 0.266 e. The van der Waals surface area contributed by atoms with Gasteiger partial charge in [-0.1, -0.05) is 6.92 Å². The van der Waals surface area contributed by atoms with Crippen molar-refractivity contribution in [1.82, 2.24) is 15.5 Å². The number of nitrogens with zero attached hydrogens (tertiary/aromatic N) is 3. The minimum Gasteiger partial charge on any atom is -0.338 e. The van der Waals surface area contributed by atoms with Crippen LogP contribution in [0, 0.1) is 5.92 Å². The zero-order valence-corrected chi connectivity index (χ0v) is 10.8. The second kappa shape index (κ2) is 6.00. The highest BCUT2D eigenvalue weighted by molar-refractivity contribution is 5.28. The molecule has 0 bridgehead atoms. The van der Waals surface area contributed by atoms with Crippen molar-refractivity contribution in [3.63, 3.8) is 0 Å². The lowest BCUT2D eigenvalue weighted by molar-refractivity contribution is 0.367. The average molecular weight is 238 g/mol. The van der Waals surface area contributed by atoms with E-state index >= 15 is 0 Å². The van der Waals surface area contributed by atoms with E-state index in [0.29, 0.717) is 5.92 Å². The van der Waals surface area contributed by atoms with E-state index in [4.69, 9.17) is 4.52 Å². The van der Waals surface area contributed by atoms with Crippen LogP contribution in [0.2, 0.25) is 0 Å². The molecule has 0 aromatic carbocycles. The van der Waals surface area contributed by atoms with Gasteiger partial charge in [0.15, 0.2) is 0 Å². The Kier molecular flexibility index (Phi) is 4.36. The Bertz CT molecular complexity index is 337. The second-order valence-corrected chi connectivity index (χ2v) is 4.75. The van der Waals surface area contributed by atoms with Gasteiger partial charge in [0.05, 0.1) is 0 Å². The second-order valence-electron chi connectivity index (χ2n) is 4.75. The number of hydrogen-bond donors (Lipinski definition) is 1. The van der Waals surface area contributed by atoms with Crippen molar-refractivity contribution >= 4 is 5.95 Å². The quantitative estimate of drug-likeness (QED) is 0.841. The summed E-state index contributed by atoms with van der Waals surface area (Å²) in [6.07, 6.45) is 4.42. The van der Waals surface area contributed by atoms with E-state index in [1.54, 1.807) is 0 Å². The predicted molar refractivity (Wildman–Crippen MR) is 67.2 cm³/mol. The van der Waals surface area contributed by atoms with Crippen LogP contribution in [0.1, 0.15) is 32.1 Å². The van der Waals surface area contributed by atoms with Crippen LogP contribution in [0.25, 0.3) is 0 Å². The molecule has 5 heteroatoms. The minimum absolute atomic E-state index is 0.696. The molecular weight excluding hydrogens is 216 g/mol. The third-order valence-corrected chi connectivity index (χ3v) is 3.22. The lowest BCUT2D eigenvalue weighted by Gasteiger charge is -2.31. The molecule has 2 rings (SSSR count). The summed E-state index contributed by atoms with van der Waals surface area (Å²) in [6.45, 7) is 5.27. The van der Waals surface area contributed by atoms with Crippen molar-refractivity contribution in [3.05, 3.63) is 5.89 Å². The van der Waals surface area contributed by atoms with Crippen LogP contribution >= 0.6 is 0 Å². The Morgan fingerprint density at radius 2 is 2.41 bits per heavy atom. The van der Waals surface area contributed by atoms with Crippen molar-refractivity contribution in [2.24, 2.45) is 5.92 Å². The van der Waals surface area contributed by atoms with Gasteiger partial charge in [-0.05, 0) is 43.9 Å². The molecule has 5 nitrogen and oxygen atoms in total. The molecule has 2 heterocycles. The monoisotopic (exact) mass is 238 g/mol. The lowest BCUT2D eigenvalue weighted by atomic mass is 9.98. The molecule has 1 atom stereocenters. The maximum Gasteiger partial charge on any atom is 0.266 e. The van der Waals surface area contributed by atoms with Crippen LogP contribution in [-0.2, 0) is 6.42 Å². The van der Waals surface area contributed by atoms with E-state index in [0.717, 1.165) is 44.3 Å². The first-order valence-corrected chi connectivity index (χ1v) is 6.55. The molecule has 1 aromatic rings. The molecular formula is C12H22N4O. The highest BCUT2D eigenvalue weighted by Crippen LogP contribution is 2.20. The van der Waals surface area contributed by atoms with Gasteiger partial charge >= 0.3 is 0 Å². The molecule has 1 saturated heterocycles. The summed E-state index contributed by atoms with van der Waals surface area (Å²) < 4.78 is 5.24. The molecule has 0 saturated carbocycles. The minimum atomic E-state index is 0.696. The molecule has 1 aliphatic heterocycles. The highest BCUT2D eigenvalue weighted by atomic mass is 16.5. The molecule has 0 spiro atoms. The van der Waals surface area contributed by atoms with E-state index in [1.165, 1.54) is 12.8 Å². The van der Waals surface area contributed by atoms with E-state index in [9.17, 15) is 0 Å². The molecule has 0 aliphatic carbocycles. The topological polar surface area (TPSA) is 54.2 Å². The Morgan fingerprint density at radius 1 is 1.53 bits per heavy atom. The van der Waals surface area contributed by atoms with E-state index in [2.05, 4.69) is 27.3 Å². The predicted octanol–water partition coefficient (Wildman–Crippen LogP) is 1.46. The molecule has 0 radical (unpaired) electrons. The molecule has 1 N–H and O–H groups in total. The van der Waals surface area contributed by atoms with Crippen LogP contribution < -0.4 is 10.2 Å². The van der Waals surface area contributed by atoms with Gasteiger partial charge in [0.25, 0.3) is 5.95 Å². The summed E-state index contributed by atoms with van der Waals surface area (Å²) in [5.41, 5.74) is 0. The van der Waals surface area contributed by atoms with E-state index < -0.39 is 0 Å². The molecule has 96 valence electrons. The number of aryl methyl sites for hydroxylation is 1. The fraction of sp³-hybridized carbons (Fsp3) is 0.833. The van der Waals surface area contributed by atoms with Gasteiger partial charge in [-0.2, -0.15) is 4.98 Å². The summed E-state index contributed by atoms with van der Waals surface area (Å²) in [5, 5.41) is 7.32. The Balaban J connectivity index is 1.95. The van der Waals surface area contributed by atoms with Crippen molar-refractivity contribution in [2.75, 3.05) is 31.6 Å². The molecule has 0 unspecified atom stereocenters. The zero-order chi connectivity index (χ0) is 12.1. The van der Waals surface area contributed by atoms with Gasteiger partial charge in [0.2, 0.25) is 5.89 Å². The number of hydrogen-bond acceptors (Lipinski definition) is 5. The Labute approximate surface area is 103 Å². The van der Waals surface area contributed by atoms with Crippen LogP contribution in [0.4, 0.5) is 5.95 Å². The van der Waals surface area contributed by atoms with Gasteiger partial charge < -0.3 is 14.7 Å². The molecule has 17 heavy (non-hydrogen) atoms. The number of piperidine rings is 1. The first-order chi connectivity index (χ1) is 8.33. The highest BCUT2D eigenvalue weighted by Gasteiger charge is 2.22. The standard InChI is InChI=1S/C12H22N4O/c1-3-5-11-14-12(15-17-11)16-7-4-6-10(9-16)8-13-2/h10,13H,3-9H2,1-2H3/t10-/m0/s1. The third kappa shape index (κ3) is 3.19. The number of nitrogens with one attached hydrogen (secondary N) is 1. The van der Waals surface area contributed by atoms with Crippen molar-refractivity contribution in [2.45, 2.75) is 32.6 Å². The van der Waals surface area contributed by atoms with Gasteiger partial charge in [-0.3, -0.25) is 0 Å². The zero-order valence-electron chi connectivity index (χ0n) is 10.8.